The number of piperidine rings is 1. The Kier molecular flexibility index (Phi) is 7.85. The van der Waals surface area contributed by atoms with Crippen LogP contribution in [-0.2, 0) is 4.79 Å². The third-order valence-corrected chi connectivity index (χ3v) is 3.95. The maximum Gasteiger partial charge on any atom is 0.319 e. The first-order chi connectivity index (χ1) is 10.6. The molecule has 0 aromatic heterocycles. The standard InChI is InChI=1S/C16H24N4O2.ClH/c1-12(11-17)15(21)20-9-7-14(8-10-20)19-16(22)18-13-5-3-2-4-6-13;/h2-6,12,14H,7-11,17H2,1H3,(H2,18,19,22);1H. The summed E-state index contributed by atoms with van der Waals surface area (Å²) in [6.45, 7) is 3.55. The Morgan fingerprint density at radius 2 is 1.87 bits per heavy atom. The molecule has 23 heavy (non-hydrogen) atoms. The molecule has 1 saturated heterocycles. The van der Waals surface area contributed by atoms with Crippen LogP contribution in [0.3, 0.4) is 0 Å². The largest absolute Gasteiger partial charge is 0.342 e. The summed E-state index contributed by atoms with van der Waals surface area (Å²) in [7, 11) is 0. The van der Waals surface area contributed by atoms with Crippen LogP contribution in [0.4, 0.5) is 10.5 Å². The lowest BCUT2D eigenvalue weighted by Gasteiger charge is -2.33. The van der Waals surface area contributed by atoms with E-state index in [4.69, 9.17) is 5.73 Å². The van der Waals surface area contributed by atoms with Crippen molar-refractivity contribution in [2.75, 3.05) is 25.0 Å². The number of carbonyl (C=O) groups excluding carboxylic acids is 2. The molecule has 1 aromatic carbocycles. The lowest BCUT2D eigenvalue weighted by molar-refractivity contribution is -0.135. The monoisotopic (exact) mass is 340 g/mol. The highest BCUT2D eigenvalue weighted by molar-refractivity contribution is 5.89. The SMILES string of the molecule is CC(CN)C(=O)N1CCC(NC(=O)Nc2ccccc2)CC1.Cl. The maximum atomic E-state index is 12.0. The zero-order valence-electron chi connectivity index (χ0n) is 13.3. The Balaban J connectivity index is 0.00000264. The van der Waals surface area contributed by atoms with Crippen LogP contribution in [0.2, 0.25) is 0 Å². The molecule has 1 unspecified atom stereocenters. The van der Waals surface area contributed by atoms with E-state index in [9.17, 15) is 9.59 Å². The van der Waals surface area contributed by atoms with Gasteiger partial charge in [-0.2, -0.15) is 0 Å². The molecule has 6 nitrogen and oxygen atoms in total. The highest BCUT2D eigenvalue weighted by atomic mass is 35.5. The molecule has 0 aliphatic carbocycles. The Bertz CT molecular complexity index is 504. The number of rotatable bonds is 4. The zero-order valence-corrected chi connectivity index (χ0v) is 14.1. The Labute approximate surface area is 143 Å². The number of amides is 3. The Morgan fingerprint density at radius 1 is 1.26 bits per heavy atom. The van der Waals surface area contributed by atoms with Crippen molar-refractivity contribution in [2.24, 2.45) is 11.7 Å². The van der Waals surface area contributed by atoms with Crippen molar-refractivity contribution in [1.29, 1.82) is 0 Å². The second-order valence-electron chi connectivity index (χ2n) is 5.70. The van der Waals surface area contributed by atoms with E-state index >= 15 is 0 Å². The molecule has 0 saturated carbocycles. The van der Waals surface area contributed by atoms with Crippen LogP contribution in [-0.4, -0.2) is 42.5 Å². The van der Waals surface area contributed by atoms with Gasteiger partial charge in [0, 0.05) is 37.3 Å². The van der Waals surface area contributed by atoms with Crippen molar-refractivity contribution >= 4 is 30.0 Å². The number of likely N-dealkylation sites (tertiary alicyclic amines) is 1. The van der Waals surface area contributed by atoms with Crippen LogP contribution in [0.15, 0.2) is 30.3 Å². The highest BCUT2D eigenvalue weighted by Gasteiger charge is 2.26. The smallest absolute Gasteiger partial charge is 0.319 e. The number of nitrogens with two attached hydrogens (primary N) is 1. The van der Waals surface area contributed by atoms with Gasteiger partial charge in [0.1, 0.15) is 0 Å². The summed E-state index contributed by atoms with van der Waals surface area (Å²) >= 11 is 0. The van der Waals surface area contributed by atoms with E-state index in [1.54, 1.807) is 0 Å². The summed E-state index contributed by atoms with van der Waals surface area (Å²) in [4.78, 5) is 25.8. The molecule has 1 aromatic rings. The lowest BCUT2D eigenvalue weighted by Crippen LogP contribution is -2.49. The van der Waals surface area contributed by atoms with Gasteiger partial charge in [-0.3, -0.25) is 4.79 Å². The highest BCUT2D eigenvalue weighted by Crippen LogP contribution is 2.13. The topological polar surface area (TPSA) is 87.5 Å². The molecule has 0 radical (unpaired) electrons. The third kappa shape index (κ3) is 5.73. The molecule has 7 heteroatoms. The summed E-state index contributed by atoms with van der Waals surface area (Å²) in [6, 6.07) is 9.23. The van der Waals surface area contributed by atoms with E-state index in [0.29, 0.717) is 19.6 Å². The van der Waals surface area contributed by atoms with Gasteiger partial charge in [0.25, 0.3) is 0 Å². The second kappa shape index (κ2) is 9.37. The van der Waals surface area contributed by atoms with Crippen LogP contribution in [0.25, 0.3) is 0 Å². The van der Waals surface area contributed by atoms with Crippen molar-refractivity contribution in [3.63, 3.8) is 0 Å². The summed E-state index contributed by atoms with van der Waals surface area (Å²) in [5.74, 6) is -0.0272. The van der Waals surface area contributed by atoms with E-state index in [2.05, 4.69) is 10.6 Å². The molecule has 1 atom stereocenters. The molecule has 1 aliphatic rings. The summed E-state index contributed by atoms with van der Waals surface area (Å²) in [6.07, 6.45) is 1.54. The minimum absolute atomic E-state index is 0. The second-order valence-corrected chi connectivity index (χ2v) is 5.70. The van der Waals surface area contributed by atoms with Crippen LogP contribution in [0, 0.1) is 5.92 Å². The molecule has 0 bridgehead atoms. The fourth-order valence-corrected chi connectivity index (χ4v) is 2.53. The van der Waals surface area contributed by atoms with Gasteiger partial charge in [-0.15, -0.1) is 12.4 Å². The fraction of sp³-hybridized carbons (Fsp3) is 0.500. The number of halogens is 1. The Morgan fingerprint density at radius 3 is 2.43 bits per heavy atom. The third-order valence-electron chi connectivity index (χ3n) is 3.95. The summed E-state index contributed by atoms with van der Waals surface area (Å²) in [5.41, 5.74) is 6.30. The predicted octanol–water partition coefficient (Wildman–Crippen LogP) is 1.82. The predicted molar refractivity (Wildman–Crippen MR) is 93.7 cm³/mol. The number of hydrogen-bond donors (Lipinski definition) is 3. The summed E-state index contributed by atoms with van der Waals surface area (Å²) < 4.78 is 0. The quantitative estimate of drug-likeness (QED) is 0.781. The minimum atomic E-state index is -0.202. The average Bonchev–Trinajstić information content (AvgIpc) is 2.55. The molecule has 1 fully saturated rings. The average molecular weight is 341 g/mol. The number of para-hydroxylation sites is 1. The van der Waals surface area contributed by atoms with Crippen molar-refractivity contribution in [3.8, 4) is 0 Å². The van der Waals surface area contributed by atoms with E-state index < -0.39 is 0 Å². The van der Waals surface area contributed by atoms with Crippen LogP contribution < -0.4 is 16.4 Å². The first-order valence-electron chi connectivity index (χ1n) is 7.71. The van der Waals surface area contributed by atoms with Crippen molar-refractivity contribution < 1.29 is 9.59 Å². The number of hydrogen-bond acceptors (Lipinski definition) is 3. The van der Waals surface area contributed by atoms with Gasteiger partial charge >= 0.3 is 6.03 Å². The Hall–Kier alpha value is -1.79. The number of nitrogens with one attached hydrogen (secondary N) is 2. The number of anilines is 1. The van der Waals surface area contributed by atoms with Crippen molar-refractivity contribution in [1.82, 2.24) is 10.2 Å². The molecular weight excluding hydrogens is 316 g/mol. The van der Waals surface area contributed by atoms with E-state index in [1.807, 2.05) is 42.2 Å². The fourth-order valence-electron chi connectivity index (χ4n) is 2.53. The van der Waals surface area contributed by atoms with E-state index in [1.165, 1.54) is 0 Å². The molecule has 1 aliphatic heterocycles. The lowest BCUT2D eigenvalue weighted by atomic mass is 10.0. The molecule has 3 amide bonds. The first kappa shape index (κ1) is 19.3. The number of carbonyl (C=O) groups is 2. The van der Waals surface area contributed by atoms with Crippen molar-refractivity contribution in [2.45, 2.75) is 25.8 Å². The number of benzene rings is 1. The molecule has 128 valence electrons. The van der Waals surface area contributed by atoms with E-state index in [0.717, 1.165) is 18.5 Å². The number of nitrogens with zero attached hydrogens (tertiary/aromatic N) is 1. The normalized spacial score (nSPS) is 16.2. The van der Waals surface area contributed by atoms with Gasteiger partial charge < -0.3 is 21.3 Å². The van der Waals surface area contributed by atoms with Crippen LogP contribution >= 0.6 is 12.4 Å². The first-order valence-corrected chi connectivity index (χ1v) is 7.71. The van der Waals surface area contributed by atoms with Gasteiger partial charge in [-0.1, -0.05) is 25.1 Å². The van der Waals surface area contributed by atoms with Gasteiger partial charge in [0.05, 0.1) is 0 Å². The molecule has 4 N–H and O–H groups in total. The van der Waals surface area contributed by atoms with Gasteiger partial charge in [0.15, 0.2) is 0 Å². The minimum Gasteiger partial charge on any atom is -0.342 e. The number of urea groups is 1. The molecule has 0 spiro atoms. The van der Waals surface area contributed by atoms with Crippen LogP contribution in [0.5, 0.6) is 0 Å². The zero-order chi connectivity index (χ0) is 15.9. The van der Waals surface area contributed by atoms with E-state index in [-0.39, 0.29) is 36.3 Å². The molecular formula is C16H25ClN4O2. The molecule has 1 heterocycles. The van der Waals surface area contributed by atoms with Gasteiger partial charge in [0.2, 0.25) is 5.91 Å². The maximum absolute atomic E-state index is 12.0. The van der Waals surface area contributed by atoms with Gasteiger partial charge in [-0.25, -0.2) is 4.79 Å². The molecule has 2 rings (SSSR count). The van der Waals surface area contributed by atoms with Gasteiger partial charge in [-0.05, 0) is 25.0 Å². The summed E-state index contributed by atoms with van der Waals surface area (Å²) in [5, 5.41) is 5.76. The van der Waals surface area contributed by atoms with Crippen LogP contribution in [0.1, 0.15) is 19.8 Å². The van der Waals surface area contributed by atoms with Crippen molar-refractivity contribution in [3.05, 3.63) is 30.3 Å².